The number of hydrogen-bond acceptors (Lipinski definition) is 5. The van der Waals surface area contributed by atoms with Crippen molar-refractivity contribution in [3.63, 3.8) is 0 Å². The summed E-state index contributed by atoms with van der Waals surface area (Å²) >= 11 is 0. The summed E-state index contributed by atoms with van der Waals surface area (Å²) in [6, 6.07) is 9.56. The third-order valence-corrected chi connectivity index (χ3v) is 6.79. The number of allylic oxidation sites excluding steroid dienone is 2. The van der Waals surface area contributed by atoms with Gasteiger partial charge >= 0.3 is 12.4 Å². The number of nitrogens with zero attached hydrogens (tertiary/aromatic N) is 2. The van der Waals surface area contributed by atoms with E-state index in [0.29, 0.717) is 30.4 Å². The molecule has 0 amide bonds. The SMILES string of the molecule is Cc1ccccc1C1COC[C@H](CN(C)C2=CC(=O)CC2)C1.O=NCc1cc(C(F)(F)F)cc(C(F)(F)F)c1. The van der Waals surface area contributed by atoms with Crippen molar-refractivity contribution in [2.45, 2.75) is 51.0 Å². The van der Waals surface area contributed by atoms with Crippen molar-refractivity contribution in [3.8, 4) is 0 Å². The zero-order valence-corrected chi connectivity index (χ0v) is 21.6. The van der Waals surface area contributed by atoms with E-state index in [1.165, 1.54) is 16.8 Å². The summed E-state index contributed by atoms with van der Waals surface area (Å²) in [5, 5.41) is 2.27. The second-order valence-corrected chi connectivity index (χ2v) is 9.88. The van der Waals surface area contributed by atoms with E-state index >= 15 is 0 Å². The standard InChI is InChI=1S/C19H25NO2.C9H5F6NO/c1-14-5-3-4-6-19(14)16-9-15(12-22-13-16)11-20(2)17-7-8-18(21)10-17;10-8(11,12)6-1-5(4-16-17)2-7(3-6)9(13,14)15/h3-6,10,15-16H,7-9,11-13H2,1-2H3;1-3H,4H2/t15-,16?;/m0./s1. The van der Waals surface area contributed by atoms with Crippen molar-refractivity contribution in [1.29, 1.82) is 0 Å². The van der Waals surface area contributed by atoms with Crippen molar-refractivity contribution in [1.82, 2.24) is 4.90 Å². The van der Waals surface area contributed by atoms with E-state index in [0.717, 1.165) is 32.6 Å². The quantitative estimate of drug-likeness (QED) is 0.277. The highest BCUT2D eigenvalue weighted by Gasteiger charge is 2.36. The lowest BCUT2D eigenvalue weighted by Crippen LogP contribution is -2.33. The van der Waals surface area contributed by atoms with E-state index < -0.39 is 35.6 Å². The first kappa shape index (κ1) is 30.3. The van der Waals surface area contributed by atoms with Crippen LogP contribution in [0.5, 0.6) is 0 Å². The largest absolute Gasteiger partial charge is 0.416 e. The highest BCUT2D eigenvalue weighted by molar-refractivity contribution is 5.92. The molecule has 1 aliphatic carbocycles. The van der Waals surface area contributed by atoms with E-state index in [9.17, 15) is 36.0 Å². The smallest absolute Gasteiger partial charge is 0.380 e. The maximum absolute atomic E-state index is 12.3. The number of rotatable bonds is 6. The molecule has 1 saturated heterocycles. The Morgan fingerprint density at radius 1 is 0.974 bits per heavy atom. The first-order chi connectivity index (χ1) is 18.3. The monoisotopic (exact) mass is 556 g/mol. The van der Waals surface area contributed by atoms with Gasteiger partial charge in [-0.05, 0) is 54.7 Å². The van der Waals surface area contributed by atoms with Gasteiger partial charge in [0.25, 0.3) is 0 Å². The Bertz CT molecular complexity index is 1160. The Hall–Kier alpha value is -3.21. The van der Waals surface area contributed by atoms with Crippen molar-refractivity contribution in [2.75, 3.05) is 26.8 Å². The van der Waals surface area contributed by atoms with E-state index in [1.54, 1.807) is 0 Å². The molecule has 0 N–H and O–H groups in total. The molecule has 212 valence electrons. The lowest BCUT2D eigenvalue weighted by Gasteiger charge is -2.33. The molecule has 11 heteroatoms. The minimum Gasteiger partial charge on any atom is -0.380 e. The maximum Gasteiger partial charge on any atom is 0.416 e. The van der Waals surface area contributed by atoms with E-state index in [1.807, 2.05) is 6.08 Å². The van der Waals surface area contributed by atoms with Crippen LogP contribution < -0.4 is 0 Å². The van der Waals surface area contributed by atoms with E-state index in [2.05, 4.69) is 48.3 Å². The van der Waals surface area contributed by atoms with Gasteiger partial charge in [-0.15, -0.1) is 0 Å². The normalized spacial score (nSPS) is 19.7. The zero-order valence-electron chi connectivity index (χ0n) is 21.6. The molecule has 4 rings (SSSR count). The second-order valence-electron chi connectivity index (χ2n) is 9.88. The van der Waals surface area contributed by atoms with Gasteiger partial charge in [-0.2, -0.15) is 31.2 Å². The fourth-order valence-electron chi connectivity index (χ4n) is 4.88. The predicted octanol–water partition coefficient (Wildman–Crippen LogP) is 7.28. The van der Waals surface area contributed by atoms with Gasteiger partial charge < -0.3 is 9.64 Å². The average Bonchev–Trinajstić information content (AvgIpc) is 3.30. The Labute approximate surface area is 222 Å². The molecular formula is C28H30F6N2O3. The van der Waals surface area contributed by atoms with Crippen molar-refractivity contribution in [2.24, 2.45) is 11.1 Å². The van der Waals surface area contributed by atoms with Gasteiger partial charge in [0.15, 0.2) is 5.78 Å². The molecule has 0 bridgehead atoms. The first-order valence-electron chi connectivity index (χ1n) is 12.4. The molecule has 1 fully saturated rings. The summed E-state index contributed by atoms with van der Waals surface area (Å²) in [5.74, 6) is 1.28. The van der Waals surface area contributed by atoms with Crippen LogP contribution in [0.2, 0.25) is 0 Å². The lowest BCUT2D eigenvalue weighted by molar-refractivity contribution is -0.143. The maximum atomic E-state index is 12.3. The third-order valence-electron chi connectivity index (χ3n) is 6.79. The number of halogens is 6. The van der Waals surface area contributed by atoms with Crippen molar-refractivity contribution >= 4 is 5.78 Å². The predicted molar refractivity (Wildman–Crippen MR) is 134 cm³/mol. The van der Waals surface area contributed by atoms with Gasteiger partial charge in [-0.3, -0.25) is 4.79 Å². The summed E-state index contributed by atoms with van der Waals surface area (Å²) in [7, 11) is 2.10. The zero-order chi connectivity index (χ0) is 28.8. The van der Waals surface area contributed by atoms with Gasteiger partial charge in [0.05, 0.1) is 24.3 Å². The van der Waals surface area contributed by atoms with E-state index in [4.69, 9.17) is 4.74 Å². The average molecular weight is 557 g/mol. The molecule has 1 aliphatic heterocycles. The molecule has 0 spiro atoms. The number of benzene rings is 2. The van der Waals surface area contributed by atoms with Crippen LogP contribution in [0.15, 0.2) is 59.4 Å². The number of carbonyl (C=O) groups excluding carboxylic acids is 1. The van der Waals surface area contributed by atoms with Crippen LogP contribution in [0.1, 0.15) is 53.0 Å². The Morgan fingerprint density at radius 3 is 2.15 bits per heavy atom. The highest BCUT2D eigenvalue weighted by atomic mass is 19.4. The Kier molecular flexibility index (Phi) is 9.93. The van der Waals surface area contributed by atoms with Crippen LogP contribution in [-0.4, -0.2) is 37.5 Å². The number of ether oxygens (including phenoxy) is 1. The van der Waals surface area contributed by atoms with Gasteiger partial charge in [0.1, 0.15) is 6.54 Å². The minimum absolute atomic E-state index is 0.00565. The first-order valence-corrected chi connectivity index (χ1v) is 12.4. The fraction of sp³-hybridized carbons (Fsp3) is 0.464. The fourth-order valence-corrected chi connectivity index (χ4v) is 4.88. The lowest BCUT2D eigenvalue weighted by atomic mass is 9.85. The molecule has 0 aromatic heterocycles. The summed E-state index contributed by atoms with van der Waals surface area (Å²) in [6.45, 7) is 4.06. The summed E-state index contributed by atoms with van der Waals surface area (Å²) < 4.78 is 79.7. The molecule has 2 aromatic carbocycles. The number of alkyl halides is 6. The number of aryl methyl sites for hydroxylation is 1. The van der Waals surface area contributed by atoms with Gasteiger partial charge in [-0.25, -0.2) is 0 Å². The Morgan fingerprint density at radius 2 is 1.62 bits per heavy atom. The Balaban J connectivity index is 0.000000224. The van der Waals surface area contributed by atoms with Gasteiger partial charge in [0.2, 0.25) is 0 Å². The summed E-state index contributed by atoms with van der Waals surface area (Å²) in [5.41, 5.74) is 0.626. The number of nitroso groups, excluding NO2 is 1. The molecular weight excluding hydrogens is 526 g/mol. The summed E-state index contributed by atoms with van der Waals surface area (Å²) in [4.78, 5) is 23.5. The van der Waals surface area contributed by atoms with E-state index in [-0.39, 0.29) is 11.8 Å². The molecule has 1 heterocycles. The molecule has 2 aliphatic rings. The van der Waals surface area contributed by atoms with Crippen LogP contribution in [0.25, 0.3) is 0 Å². The van der Waals surface area contributed by atoms with Crippen LogP contribution in [0.4, 0.5) is 26.3 Å². The molecule has 0 saturated carbocycles. The van der Waals surface area contributed by atoms with Gasteiger partial charge in [0, 0.05) is 43.6 Å². The van der Waals surface area contributed by atoms with Crippen LogP contribution in [0.3, 0.4) is 0 Å². The van der Waals surface area contributed by atoms with Crippen molar-refractivity contribution < 1.29 is 35.9 Å². The topological polar surface area (TPSA) is 59.0 Å². The van der Waals surface area contributed by atoms with Crippen LogP contribution in [-0.2, 0) is 28.4 Å². The molecule has 2 atom stereocenters. The summed E-state index contributed by atoms with van der Waals surface area (Å²) in [6.07, 6.45) is -5.27. The minimum atomic E-state index is -4.90. The third kappa shape index (κ3) is 8.64. The molecule has 2 aromatic rings. The highest BCUT2D eigenvalue weighted by Crippen LogP contribution is 2.36. The molecule has 5 nitrogen and oxygen atoms in total. The van der Waals surface area contributed by atoms with Gasteiger partial charge in [-0.1, -0.05) is 29.4 Å². The second kappa shape index (κ2) is 12.8. The molecule has 0 radical (unpaired) electrons. The van der Waals surface area contributed by atoms with Crippen molar-refractivity contribution in [3.05, 3.63) is 87.0 Å². The number of hydrogen-bond donors (Lipinski definition) is 0. The van der Waals surface area contributed by atoms with Crippen LogP contribution >= 0.6 is 0 Å². The van der Waals surface area contributed by atoms with Crippen LogP contribution in [0, 0.1) is 17.7 Å². The molecule has 39 heavy (non-hydrogen) atoms. The molecule has 1 unspecified atom stereocenters. The number of carbonyl (C=O) groups is 1. The number of ketones is 1.